The van der Waals surface area contributed by atoms with E-state index in [-0.39, 0.29) is 39.2 Å². The van der Waals surface area contributed by atoms with Crippen molar-refractivity contribution in [3.05, 3.63) is 77.4 Å². The van der Waals surface area contributed by atoms with E-state index >= 15 is 0 Å². The Bertz CT molecular complexity index is 1600. The second-order valence-electron chi connectivity index (χ2n) is 8.36. The lowest BCUT2D eigenvalue weighted by Gasteiger charge is -2.28. The molecule has 0 unspecified atom stereocenters. The Morgan fingerprint density at radius 1 is 1.11 bits per heavy atom. The molecule has 0 aliphatic carbocycles. The van der Waals surface area contributed by atoms with Crippen LogP contribution in [0.3, 0.4) is 0 Å². The number of rotatable bonds is 5. The van der Waals surface area contributed by atoms with Crippen LogP contribution in [0.2, 0.25) is 0 Å². The van der Waals surface area contributed by atoms with Gasteiger partial charge in [-0.05, 0) is 48.5 Å². The van der Waals surface area contributed by atoms with E-state index in [1.165, 1.54) is 30.3 Å². The molecule has 0 saturated heterocycles. The SMILES string of the molecule is CN1CCOc2ccc(S(=O)(=O)n3c(Cc4cc(C(=O)O)co4)cc4cc(C(F)(F)F)ccc43)cc21. The summed E-state index contributed by atoms with van der Waals surface area (Å²) in [6.07, 6.45) is -3.77. The van der Waals surface area contributed by atoms with E-state index in [0.29, 0.717) is 24.6 Å². The number of halogens is 3. The first-order chi connectivity index (χ1) is 16.9. The predicted molar refractivity (Wildman–Crippen MR) is 123 cm³/mol. The molecule has 4 aromatic rings. The fourth-order valence-electron chi connectivity index (χ4n) is 4.19. The number of alkyl halides is 3. The minimum Gasteiger partial charge on any atom is -0.490 e. The number of hydrogen-bond acceptors (Lipinski definition) is 6. The van der Waals surface area contributed by atoms with E-state index in [1.807, 2.05) is 4.90 Å². The number of carboxylic acid groups (broad SMARTS) is 1. The predicted octanol–water partition coefficient (Wildman–Crippen LogP) is 4.61. The first kappa shape index (κ1) is 23.8. The molecule has 2 aromatic carbocycles. The molecule has 0 amide bonds. The van der Waals surface area contributed by atoms with Crippen molar-refractivity contribution >= 4 is 32.6 Å². The highest BCUT2D eigenvalue weighted by Gasteiger charge is 2.32. The van der Waals surface area contributed by atoms with E-state index in [2.05, 4.69) is 0 Å². The van der Waals surface area contributed by atoms with Crippen molar-refractivity contribution in [2.24, 2.45) is 0 Å². The van der Waals surface area contributed by atoms with E-state index < -0.39 is 27.7 Å². The number of carboxylic acids is 1. The average Bonchev–Trinajstić information content (AvgIpc) is 3.43. The number of aromatic carboxylic acids is 1. The molecule has 8 nitrogen and oxygen atoms in total. The monoisotopic (exact) mass is 520 g/mol. The fourth-order valence-corrected chi connectivity index (χ4v) is 5.75. The third-order valence-corrected chi connectivity index (χ3v) is 7.74. The smallest absolute Gasteiger partial charge is 0.416 e. The number of hydrogen-bond donors (Lipinski definition) is 1. The van der Waals surface area contributed by atoms with Crippen LogP contribution in [0.4, 0.5) is 18.9 Å². The van der Waals surface area contributed by atoms with Gasteiger partial charge in [0, 0.05) is 24.5 Å². The summed E-state index contributed by atoms with van der Waals surface area (Å²) in [5.41, 5.74) is -0.331. The van der Waals surface area contributed by atoms with Gasteiger partial charge in [-0.1, -0.05) is 0 Å². The van der Waals surface area contributed by atoms with Crippen LogP contribution in [0, 0.1) is 0 Å². The van der Waals surface area contributed by atoms with Crippen molar-refractivity contribution in [3.8, 4) is 5.75 Å². The summed E-state index contributed by atoms with van der Waals surface area (Å²) in [6.45, 7) is 1.00. The maximum Gasteiger partial charge on any atom is 0.416 e. The number of anilines is 1. The Labute approximate surface area is 203 Å². The quantitative estimate of drug-likeness (QED) is 0.410. The van der Waals surface area contributed by atoms with Crippen LogP contribution in [-0.2, 0) is 22.6 Å². The van der Waals surface area contributed by atoms with Crippen molar-refractivity contribution in [1.29, 1.82) is 0 Å². The third-order valence-electron chi connectivity index (χ3n) is 5.98. The number of likely N-dealkylation sites (N-methyl/N-ethyl adjacent to an activating group) is 1. The van der Waals surface area contributed by atoms with Crippen LogP contribution >= 0.6 is 0 Å². The number of aromatic nitrogens is 1. The topological polar surface area (TPSA) is 102 Å². The number of furan rings is 1. The molecule has 1 N–H and O–H groups in total. The summed E-state index contributed by atoms with van der Waals surface area (Å²) in [7, 11) is -2.50. The van der Waals surface area contributed by atoms with Gasteiger partial charge in [0.05, 0.1) is 33.8 Å². The molecule has 12 heteroatoms. The third kappa shape index (κ3) is 4.06. The van der Waals surface area contributed by atoms with Gasteiger partial charge in [-0.25, -0.2) is 17.2 Å². The lowest BCUT2D eigenvalue weighted by Crippen LogP contribution is -2.29. The highest BCUT2D eigenvalue weighted by atomic mass is 32.2. The lowest BCUT2D eigenvalue weighted by molar-refractivity contribution is -0.137. The number of ether oxygens (including phenoxy) is 1. The van der Waals surface area contributed by atoms with Crippen LogP contribution in [0.1, 0.15) is 27.4 Å². The second kappa shape index (κ2) is 8.33. The van der Waals surface area contributed by atoms with Gasteiger partial charge in [0.2, 0.25) is 0 Å². The summed E-state index contributed by atoms with van der Waals surface area (Å²) in [6, 6.07) is 9.75. The van der Waals surface area contributed by atoms with Gasteiger partial charge in [-0.3, -0.25) is 0 Å². The van der Waals surface area contributed by atoms with E-state index in [1.54, 1.807) is 7.05 Å². The van der Waals surface area contributed by atoms with Gasteiger partial charge in [-0.15, -0.1) is 0 Å². The summed E-state index contributed by atoms with van der Waals surface area (Å²) < 4.78 is 79.5. The van der Waals surface area contributed by atoms with Gasteiger partial charge in [0.25, 0.3) is 10.0 Å². The number of benzene rings is 2. The maximum absolute atomic E-state index is 13.9. The summed E-state index contributed by atoms with van der Waals surface area (Å²) in [5.74, 6) is -0.568. The molecule has 1 aliphatic rings. The van der Waals surface area contributed by atoms with Gasteiger partial charge < -0.3 is 19.2 Å². The minimum absolute atomic E-state index is 0.0466. The summed E-state index contributed by atoms with van der Waals surface area (Å²) in [5, 5.41) is 9.22. The summed E-state index contributed by atoms with van der Waals surface area (Å²) in [4.78, 5) is 13.0. The Morgan fingerprint density at radius 3 is 2.58 bits per heavy atom. The molecule has 2 aromatic heterocycles. The fraction of sp³-hybridized carbons (Fsp3) is 0.208. The molecule has 0 spiro atoms. The average molecular weight is 520 g/mol. The molecule has 0 radical (unpaired) electrons. The molecule has 3 heterocycles. The minimum atomic E-state index is -4.62. The van der Waals surface area contributed by atoms with Crippen molar-refractivity contribution < 1.29 is 40.6 Å². The molecular weight excluding hydrogens is 501 g/mol. The molecule has 1 aliphatic heterocycles. The standard InChI is InChI=1S/C24H19F3N2O6S/c1-28-6-7-34-22-5-3-19(12-21(22)28)36(32,33)29-17(11-18-10-15(13-35-18)23(30)31)9-14-8-16(24(25,26)27)2-4-20(14)29/h2-5,8-10,12-13H,6-7,11H2,1H3,(H,30,31). The van der Waals surface area contributed by atoms with Crippen molar-refractivity contribution in [2.45, 2.75) is 17.5 Å². The van der Waals surface area contributed by atoms with E-state index in [9.17, 15) is 26.4 Å². The second-order valence-corrected chi connectivity index (χ2v) is 10.1. The Kier molecular flexibility index (Phi) is 5.51. The Morgan fingerprint density at radius 2 is 1.89 bits per heavy atom. The molecule has 0 fully saturated rings. The zero-order valence-corrected chi connectivity index (χ0v) is 19.6. The van der Waals surface area contributed by atoms with Gasteiger partial charge in [-0.2, -0.15) is 13.2 Å². The van der Waals surface area contributed by atoms with Crippen LogP contribution in [0.15, 0.2) is 64.1 Å². The zero-order valence-electron chi connectivity index (χ0n) is 18.7. The highest BCUT2D eigenvalue weighted by Crippen LogP contribution is 2.37. The lowest BCUT2D eigenvalue weighted by atomic mass is 10.1. The molecule has 0 bridgehead atoms. The number of fused-ring (bicyclic) bond motifs is 2. The highest BCUT2D eigenvalue weighted by molar-refractivity contribution is 7.90. The Balaban J connectivity index is 1.68. The van der Waals surface area contributed by atoms with Gasteiger partial charge >= 0.3 is 12.1 Å². The molecular formula is C24H19F3N2O6S. The first-order valence-corrected chi connectivity index (χ1v) is 12.1. The summed E-state index contributed by atoms with van der Waals surface area (Å²) >= 11 is 0. The first-order valence-electron chi connectivity index (χ1n) is 10.7. The zero-order chi connectivity index (χ0) is 25.8. The molecule has 188 valence electrons. The maximum atomic E-state index is 13.9. The number of nitrogens with zero attached hydrogens (tertiary/aromatic N) is 2. The normalized spacial score (nSPS) is 14.1. The largest absolute Gasteiger partial charge is 0.490 e. The van der Waals surface area contributed by atoms with Crippen LogP contribution in [-0.4, -0.2) is 43.7 Å². The molecule has 36 heavy (non-hydrogen) atoms. The van der Waals surface area contributed by atoms with Crippen LogP contribution in [0.5, 0.6) is 5.75 Å². The van der Waals surface area contributed by atoms with Crippen molar-refractivity contribution in [3.63, 3.8) is 0 Å². The van der Waals surface area contributed by atoms with Crippen LogP contribution in [0.25, 0.3) is 10.9 Å². The van der Waals surface area contributed by atoms with Gasteiger partial charge in [0.1, 0.15) is 24.4 Å². The van der Waals surface area contributed by atoms with E-state index in [4.69, 9.17) is 14.3 Å². The van der Waals surface area contributed by atoms with E-state index in [0.717, 1.165) is 28.4 Å². The van der Waals surface area contributed by atoms with Crippen molar-refractivity contribution in [2.75, 3.05) is 25.1 Å². The number of carbonyl (C=O) groups is 1. The van der Waals surface area contributed by atoms with Crippen molar-refractivity contribution in [1.82, 2.24) is 3.97 Å². The molecule has 0 saturated carbocycles. The van der Waals surface area contributed by atoms with Crippen LogP contribution < -0.4 is 9.64 Å². The molecule has 5 rings (SSSR count). The van der Waals surface area contributed by atoms with Gasteiger partial charge in [0.15, 0.2) is 0 Å². The Hall–Kier alpha value is -3.93. The molecule has 0 atom stereocenters.